The van der Waals surface area contributed by atoms with Crippen LogP contribution in [0, 0.1) is 18.8 Å². The molecule has 2 saturated heterocycles. The van der Waals surface area contributed by atoms with Crippen LogP contribution < -0.4 is 5.73 Å². The quantitative estimate of drug-likeness (QED) is 0.537. The van der Waals surface area contributed by atoms with Crippen molar-refractivity contribution in [2.24, 2.45) is 17.0 Å². The molecule has 33 heavy (non-hydrogen) atoms. The Kier molecular flexibility index (Phi) is 7.54. The van der Waals surface area contributed by atoms with E-state index in [-0.39, 0.29) is 5.92 Å². The van der Waals surface area contributed by atoms with Gasteiger partial charge in [0.15, 0.2) is 0 Å². The zero-order chi connectivity index (χ0) is 23.2. The number of nitrogens with zero attached hydrogens (tertiary/aromatic N) is 5. The molecule has 3 heterocycles. The number of aromatic nitrogens is 2. The average Bonchev–Trinajstić information content (AvgIpc) is 2.85. The van der Waals surface area contributed by atoms with Crippen molar-refractivity contribution in [3.8, 4) is 0 Å². The molecule has 1 aromatic heterocycles. The zero-order valence-electron chi connectivity index (χ0n) is 19.6. The Labute approximate surface area is 195 Å². The van der Waals surface area contributed by atoms with Gasteiger partial charge < -0.3 is 15.5 Å². The molecule has 8 heteroatoms. The summed E-state index contributed by atoms with van der Waals surface area (Å²) in [7, 11) is 1.60. The topological polar surface area (TPSA) is 96.9 Å². The maximum Gasteiger partial charge on any atom is 0.225 e. The number of rotatable bonds is 6. The number of nitrogens with two attached hydrogens (primary N) is 1. The fraction of sp³-hybridized carbons (Fsp3) is 0.520. The molecule has 8 nitrogen and oxygen atoms in total. The van der Waals surface area contributed by atoms with Crippen LogP contribution in [0.4, 0.5) is 5.95 Å². The van der Waals surface area contributed by atoms with Gasteiger partial charge in [0.25, 0.3) is 0 Å². The summed E-state index contributed by atoms with van der Waals surface area (Å²) < 4.78 is 0. The molecular weight excluding hydrogens is 416 g/mol. The summed E-state index contributed by atoms with van der Waals surface area (Å²) in [5.41, 5.74) is 9.94. The van der Waals surface area contributed by atoms with Crippen LogP contribution in [0.3, 0.4) is 0 Å². The van der Waals surface area contributed by atoms with Gasteiger partial charge in [-0.2, -0.15) is 0 Å². The Morgan fingerprint density at radius 1 is 1.03 bits per heavy atom. The van der Waals surface area contributed by atoms with Crippen molar-refractivity contribution in [3.05, 3.63) is 53.3 Å². The molecule has 2 N–H and O–H groups in total. The first kappa shape index (κ1) is 23.2. The number of oxime groups is 1. The number of carbonyl (C=O) groups excluding carboxylic acids is 1. The van der Waals surface area contributed by atoms with E-state index < -0.39 is 0 Å². The summed E-state index contributed by atoms with van der Waals surface area (Å²) in [5.74, 6) is 1.03. The number of likely N-dealkylation sites (tertiary alicyclic amines) is 2. The van der Waals surface area contributed by atoms with Crippen molar-refractivity contribution >= 4 is 17.6 Å². The molecule has 2 aromatic rings. The predicted octanol–water partition coefficient (Wildman–Crippen LogP) is 2.87. The van der Waals surface area contributed by atoms with Gasteiger partial charge in [0.1, 0.15) is 7.11 Å². The van der Waals surface area contributed by atoms with Crippen LogP contribution in [0.15, 0.2) is 41.8 Å². The van der Waals surface area contributed by atoms with Crippen molar-refractivity contribution in [1.82, 2.24) is 19.8 Å². The number of hydrogen-bond acceptors (Lipinski definition) is 7. The summed E-state index contributed by atoms with van der Waals surface area (Å²) in [6.45, 7) is 6.26. The van der Waals surface area contributed by atoms with E-state index in [1.165, 1.54) is 5.56 Å². The van der Waals surface area contributed by atoms with Crippen LogP contribution in [0.1, 0.15) is 42.4 Å². The minimum atomic E-state index is 0.115. The molecule has 0 bridgehead atoms. The number of piperidine rings is 2. The Morgan fingerprint density at radius 2 is 1.64 bits per heavy atom. The second kappa shape index (κ2) is 10.7. The summed E-state index contributed by atoms with van der Waals surface area (Å²) in [6.07, 6.45) is 7.18. The monoisotopic (exact) mass is 450 g/mol. The molecule has 176 valence electrons. The third kappa shape index (κ3) is 5.87. The van der Waals surface area contributed by atoms with Gasteiger partial charge in [-0.15, -0.1) is 0 Å². The fourth-order valence-corrected chi connectivity index (χ4v) is 4.86. The normalized spacial score (nSPS) is 19.0. The van der Waals surface area contributed by atoms with Crippen molar-refractivity contribution in [3.63, 3.8) is 0 Å². The van der Waals surface area contributed by atoms with E-state index in [2.05, 4.69) is 56.1 Å². The van der Waals surface area contributed by atoms with E-state index in [0.29, 0.717) is 17.8 Å². The first-order valence-electron chi connectivity index (χ1n) is 11.8. The Morgan fingerprint density at radius 3 is 2.24 bits per heavy atom. The lowest BCUT2D eigenvalue weighted by molar-refractivity contribution is -0.138. The van der Waals surface area contributed by atoms with E-state index in [9.17, 15) is 4.79 Å². The molecule has 0 radical (unpaired) electrons. The fourth-order valence-electron chi connectivity index (χ4n) is 4.86. The van der Waals surface area contributed by atoms with Crippen molar-refractivity contribution in [2.75, 3.05) is 39.0 Å². The molecule has 0 unspecified atom stereocenters. The number of carbonyl (C=O) groups is 1. The van der Waals surface area contributed by atoms with E-state index in [1.54, 1.807) is 19.5 Å². The van der Waals surface area contributed by atoms with Crippen LogP contribution in [0.2, 0.25) is 0 Å². The number of hydrogen-bond donors (Lipinski definition) is 1. The SMILES string of the molecule is CO/N=C(\c1ccc(C)cc1)C1CCN(C(=O)C2CCN(Cc3cnc(N)nc3)CC2)CC1. The van der Waals surface area contributed by atoms with Gasteiger partial charge in [-0.1, -0.05) is 35.0 Å². The summed E-state index contributed by atoms with van der Waals surface area (Å²) in [6, 6.07) is 8.42. The molecular formula is C25H34N6O2. The Hall–Kier alpha value is -3.00. The second-order valence-corrected chi connectivity index (χ2v) is 9.12. The van der Waals surface area contributed by atoms with Gasteiger partial charge >= 0.3 is 0 Å². The van der Waals surface area contributed by atoms with Crippen LogP contribution in [-0.2, 0) is 16.2 Å². The maximum absolute atomic E-state index is 13.2. The van der Waals surface area contributed by atoms with E-state index in [4.69, 9.17) is 10.6 Å². The molecule has 2 fully saturated rings. The van der Waals surface area contributed by atoms with Gasteiger partial charge in [0.05, 0.1) is 5.71 Å². The van der Waals surface area contributed by atoms with Gasteiger partial charge in [0, 0.05) is 49.4 Å². The van der Waals surface area contributed by atoms with Gasteiger partial charge in [0.2, 0.25) is 11.9 Å². The molecule has 0 saturated carbocycles. The van der Waals surface area contributed by atoms with E-state index in [1.807, 2.05) is 0 Å². The number of anilines is 1. The lowest BCUT2D eigenvalue weighted by Gasteiger charge is -2.37. The highest BCUT2D eigenvalue weighted by molar-refractivity contribution is 6.02. The van der Waals surface area contributed by atoms with Gasteiger partial charge in [-0.05, 0) is 51.3 Å². The smallest absolute Gasteiger partial charge is 0.225 e. The Balaban J connectivity index is 1.27. The second-order valence-electron chi connectivity index (χ2n) is 9.12. The molecule has 0 aliphatic carbocycles. The average molecular weight is 451 g/mol. The van der Waals surface area contributed by atoms with Crippen molar-refractivity contribution < 1.29 is 9.63 Å². The number of amides is 1. The lowest BCUT2D eigenvalue weighted by atomic mass is 9.87. The summed E-state index contributed by atoms with van der Waals surface area (Å²) in [4.78, 5) is 30.9. The highest BCUT2D eigenvalue weighted by Crippen LogP contribution is 2.27. The minimum Gasteiger partial charge on any atom is -0.399 e. The zero-order valence-corrected chi connectivity index (χ0v) is 19.6. The molecule has 0 atom stereocenters. The molecule has 1 aromatic carbocycles. The molecule has 0 spiro atoms. The number of benzene rings is 1. The predicted molar refractivity (Wildman–Crippen MR) is 128 cm³/mol. The molecule has 2 aliphatic rings. The first-order valence-corrected chi connectivity index (χ1v) is 11.8. The van der Waals surface area contributed by atoms with Gasteiger partial charge in [-0.25, -0.2) is 9.97 Å². The Bertz CT molecular complexity index is 944. The lowest BCUT2D eigenvalue weighted by Crippen LogP contribution is -2.46. The minimum absolute atomic E-state index is 0.115. The van der Waals surface area contributed by atoms with Crippen molar-refractivity contribution in [1.29, 1.82) is 0 Å². The molecule has 4 rings (SSSR count). The number of aryl methyl sites for hydroxylation is 1. The van der Waals surface area contributed by atoms with Crippen LogP contribution in [0.25, 0.3) is 0 Å². The van der Waals surface area contributed by atoms with Crippen molar-refractivity contribution in [2.45, 2.75) is 39.2 Å². The van der Waals surface area contributed by atoms with Crippen LogP contribution in [0.5, 0.6) is 0 Å². The maximum atomic E-state index is 13.2. The third-order valence-electron chi connectivity index (χ3n) is 6.80. The van der Waals surface area contributed by atoms with Gasteiger partial charge in [-0.3, -0.25) is 9.69 Å². The number of nitrogen functional groups attached to an aromatic ring is 1. The first-order chi connectivity index (χ1) is 16.0. The standard InChI is InChI=1S/C25H34N6O2/c1-18-3-5-20(6-4-18)23(29-33-2)21-9-13-31(14-10-21)24(32)22-7-11-30(12-8-22)17-19-15-27-25(26)28-16-19/h3-6,15-16,21-22H,7-14,17H2,1-2H3,(H2,26,27,28)/b29-23+. The van der Waals surface area contributed by atoms with E-state index in [0.717, 1.165) is 75.2 Å². The summed E-state index contributed by atoms with van der Waals surface area (Å²) in [5, 5.41) is 4.35. The van der Waals surface area contributed by atoms with Crippen LogP contribution in [-0.4, -0.2) is 64.7 Å². The summed E-state index contributed by atoms with van der Waals surface area (Å²) >= 11 is 0. The molecule has 2 aliphatic heterocycles. The molecule has 1 amide bonds. The largest absolute Gasteiger partial charge is 0.399 e. The highest BCUT2D eigenvalue weighted by Gasteiger charge is 2.32. The van der Waals surface area contributed by atoms with E-state index >= 15 is 0 Å². The third-order valence-corrected chi connectivity index (χ3v) is 6.80. The van der Waals surface area contributed by atoms with Crippen LogP contribution >= 0.6 is 0 Å². The highest BCUT2D eigenvalue weighted by atomic mass is 16.6.